The Morgan fingerprint density at radius 1 is 1.29 bits per heavy atom. The van der Waals surface area contributed by atoms with E-state index in [1.807, 2.05) is 6.26 Å². The normalized spacial score (nSPS) is 11.3. The molecule has 7 heteroatoms. The predicted octanol–water partition coefficient (Wildman–Crippen LogP) is 2.49. The highest BCUT2D eigenvalue weighted by Crippen LogP contribution is 2.38. The van der Waals surface area contributed by atoms with Crippen LogP contribution in [-0.4, -0.2) is 28.9 Å². The van der Waals surface area contributed by atoms with Crippen molar-refractivity contribution < 1.29 is 17.9 Å². The molecular weight excluding hydrogens is 284 g/mol. The predicted molar refractivity (Wildman–Crippen MR) is 69.8 cm³/mol. The molecule has 1 aromatic carbocycles. The molecule has 0 N–H and O–H groups in total. The van der Waals surface area contributed by atoms with Crippen LogP contribution in [0.1, 0.15) is 5.56 Å². The summed E-state index contributed by atoms with van der Waals surface area (Å²) < 4.78 is 32.5. The van der Waals surface area contributed by atoms with Crippen molar-refractivity contribution in [2.45, 2.75) is 10.6 Å². The second-order valence-electron chi connectivity index (χ2n) is 3.22. The first-order chi connectivity index (χ1) is 7.91. The lowest BCUT2D eigenvalue weighted by Crippen LogP contribution is -1.99. The molecule has 1 aromatic rings. The van der Waals surface area contributed by atoms with E-state index in [9.17, 15) is 8.42 Å². The summed E-state index contributed by atoms with van der Waals surface area (Å²) >= 11 is 1.45. The van der Waals surface area contributed by atoms with Gasteiger partial charge in [0.25, 0.3) is 0 Å². The summed E-state index contributed by atoms with van der Waals surface area (Å²) in [7, 11) is 4.68. The van der Waals surface area contributed by atoms with Gasteiger partial charge in [-0.2, -0.15) is 0 Å². The molecule has 0 saturated carbocycles. The van der Waals surface area contributed by atoms with Crippen molar-refractivity contribution in [3.8, 4) is 11.5 Å². The van der Waals surface area contributed by atoms with E-state index >= 15 is 0 Å². The molecule has 0 radical (unpaired) electrons. The maximum absolute atomic E-state index is 11.0. The summed E-state index contributed by atoms with van der Waals surface area (Å²) in [5.41, 5.74) is 0.571. The van der Waals surface area contributed by atoms with Crippen LogP contribution in [0.4, 0.5) is 0 Å². The smallest absolute Gasteiger partial charge is 0.236 e. The summed E-state index contributed by atoms with van der Waals surface area (Å²) in [5.74, 6) is 0.855. The first-order valence-corrected chi connectivity index (χ1v) is 8.32. The first kappa shape index (κ1) is 14.5. The third-order valence-electron chi connectivity index (χ3n) is 2.06. The second-order valence-corrected chi connectivity index (χ2v) is 6.84. The van der Waals surface area contributed by atoms with Crippen LogP contribution >= 0.6 is 22.4 Å². The number of hydrogen-bond acceptors (Lipinski definition) is 5. The number of thioether (sulfide) groups is 1. The quantitative estimate of drug-likeness (QED) is 0.617. The molecule has 0 unspecified atom stereocenters. The van der Waals surface area contributed by atoms with Crippen molar-refractivity contribution in [1.82, 2.24) is 0 Å². The Bertz CT molecular complexity index is 474. The van der Waals surface area contributed by atoms with Crippen molar-refractivity contribution in [3.05, 3.63) is 17.7 Å². The number of halogens is 1. The molecule has 0 aliphatic heterocycles. The molecule has 96 valence electrons. The molecule has 0 atom stereocenters. The monoisotopic (exact) mass is 296 g/mol. The lowest BCUT2D eigenvalue weighted by molar-refractivity contribution is 0.347. The molecule has 0 amide bonds. The number of benzene rings is 1. The maximum atomic E-state index is 11.0. The van der Waals surface area contributed by atoms with Crippen molar-refractivity contribution in [2.24, 2.45) is 0 Å². The van der Waals surface area contributed by atoms with E-state index in [-0.39, 0.29) is 5.75 Å². The fraction of sp³-hybridized carbons (Fsp3) is 0.400. The zero-order valence-corrected chi connectivity index (χ0v) is 12.1. The van der Waals surface area contributed by atoms with E-state index in [1.54, 1.807) is 12.1 Å². The molecule has 0 aromatic heterocycles. The van der Waals surface area contributed by atoms with Crippen molar-refractivity contribution in [3.63, 3.8) is 0 Å². The van der Waals surface area contributed by atoms with Crippen molar-refractivity contribution in [1.29, 1.82) is 0 Å². The number of hydrogen-bond donors (Lipinski definition) is 0. The van der Waals surface area contributed by atoms with Crippen LogP contribution in [0, 0.1) is 0 Å². The minimum Gasteiger partial charge on any atom is -0.493 e. The van der Waals surface area contributed by atoms with Gasteiger partial charge in [0.05, 0.1) is 24.9 Å². The number of ether oxygens (including phenoxy) is 2. The fourth-order valence-electron chi connectivity index (χ4n) is 1.42. The van der Waals surface area contributed by atoms with Crippen LogP contribution in [-0.2, 0) is 14.8 Å². The van der Waals surface area contributed by atoms with Crippen LogP contribution in [0.2, 0.25) is 0 Å². The minimum atomic E-state index is -3.58. The van der Waals surface area contributed by atoms with Gasteiger partial charge in [-0.15, -0.1) is 11.8 Å². The first-order valence-electron chi connectivity index (χ1n) is 4.62. The molecule has 0 bridgehead atoms. The van der Waals surface area contributed by atoms with E-state index in [2.05, 4.69) is 0 Å². The Morgan fingerprint density at radius 2 is 1.94 bits per heavy atom. The van der Waals surface area contributed by atoms with Crippen LogP contribution in [0.5, 0.6) is 11.5 Å². The Balaban J connectivity index is 3.27. The van der Waals surface area contributed by atoms with Gasteiger partial charge in [-0.3, -0.25) is 0 Å². The van der Waals surface area contributed by atoms with Crippen LogP contribution in [0.3, 0.4) is 0 Å². The molecule has 0 aliphatic carbocycles. The Labute approximate surface area is 110 Å². The largest absolute Gasteiger partial charge is 0.493 e. The lowest BCUT2D eigenvalue weighted by atomic mass is 10.2. The van der Waals surface area contributed by atoms with E-state index in [0.29, 0.717) is 17.1 Å². The molecule has 0 fully saturated rings. The Morgan fingerprint density at radius 3 is 2.35 bits per heavy atom. The van der Waals surface area contributed by atoms with E-state index in [1.165, 1.54) is 26.0 Å². The summed E-state index contributed by atoms with van der Waals surface area (Å²) in [6, 6.07) is 3.34. The van der Waals surface area contributed by atoms with Gasteiger partial charge in [0.15, 0.2) is 11.5 Å². The Kier molecular flexibility index (Phi) is 4.97. The molecule has 0 spiro atoms. The summed E-state index contributed by atoms with van der Waals surface area (Å²) in [5, 5.41) is 0. The molecular formula is C10H13ClO4S2. The zero-order chi connectivity index (χ0) is 13.1. The van der Waals surface area contributed by atoms with Gasteiger partial charge in [0.1, 0.15) is 0 Å². The summed E-state index contributed by atoms with van der Waals surface area (Å²) in [6.45, 7) is 0. The SMILES string of the molecule is COc1cc(CS(=O)(=O)Cl)cc(SC)c1OC. The Hall–Kier alpha value is -0.590. The van der Waals surface area contributed by atoms with Crippen LogP contribution in [0.25, 0.3) is 0 Å². The van der Waals surface area contributed by atoms with E-state index in [4.69, 9.17) is 20.2 Å². The molecule has 0 saturated heterocycles. The van der Waals surface area contributed by atoms with Gasteiger partial charge in [-0.1, -0.05) is 0 Å². The maximum Gasteiger partial charge on any atom is 0.236 e. The highest BCUT2D eigenvalue weighted by molar-refractivity contribution is 8.13. The zero-order valence-electron chi connectivity index (χ0n) is 9.69. The van der Waals surface area contributed by atoms with Crippen molar-refractivity contribution >= 4 is 31.5 Å². The van der Waals surface area contributed by atoms with Gasteiger partial charge in [-0.05, 0) is 24.0 Å². The van der Waals surface area contributed by atoms with Gasteiger partial charge in [-0.25, -0.2) is 8.42 Å². The van der Waals surface area contributed by atoms with E-state index in [0.717, 1.165) is 4.90 Å². The van der Waals surface area contributed by atoms with Crippen LogP contribution in [0.15, 0.2) is 17.0 Å². The highest BCUT2D eigenvalue weighted by Gasteiger charge is 2.15. The van der Waals surface area contributed by atoms with Crippen molar-refractivity contribution in [2.75, 3.05) is 20.5 Å². The van der Waals surface area contributed by atoms with Gasteiger partial charge >= 0.3 is 0 Å². The average molecular weight is 297 g/mol. The summed E-state index contributed by atoms with van der Waals surface area (Å²) in [4.78, 5) is 0.808. The minimum absolute atomic E-state index is 0.234. The molecule has 1 rings (SSSR count). The standard InChI is InChI=1S/C10H13ClO4S2/c1-14-8-4-7(6-17(11,12)13)5-9(16-3)10(8)15-2/h4-5H,6H2,1-3H3. The molecule has 0 heterocycles. The summed E-state index contributed by atoms with van der Waals surface area (Å²) in [6.07, 6.45) is 1.87. The van der Waals surface area contributed by atoms with Gasteiger partial charge < -0.3 is 9.47 Å². The topological polar surface area (TPSA) is 52.6 Å². The average Bonchev–Trinajstić information content (AvgIpc) is 2.25. The third kappa shape index (κ3) is 3.97. The third-order valence-corrected chi connectivity index (χ3v) is 3.81. The number of rotatable bonds is 5. The van der Waals surface area contributed by atoms with E-state index < -0.39 is 9.05 Å². The molecule has 17 heavy (non-hydrogen) atoms. The van der Waals surface area contributed by atoms with Gasteiger partial charge in [0, 0.05) is 10.7 Å². The highest BCUT2D eigenvalue weighted by atomic mass is 35.7. The lowest BCUT2D eigenvalue weighted by Gasteiger charge is -2.13. The second kappa shape index (κ2) is 5.84. The number of methoxy groups -OCH3 is 2. The molecule has 0 aliphatic rings. The van der Waals surface area contributed by atoms with Gasteiger partial charge in [0.2, 0.25) is 9.05 Å². The fourth-order valence-corrected chi connectivity index (χ4v) is 3.00. The van der Waals surface area contributed by atoms with Crippen LogP contribution < -0.4 is 9.47 Å². The molecule has 4 nitrogen and oxygen atoms in total.